The van der Waals surface area contributed by atoms with Gasteiger partial charge in [-0.1, -0.05) is 18.5 Å². The highest BCUT2D eigenvalue weighted by atomic mass is 35.5. The van der Waals surface area contributed by atoms with Gasteiger partial charge in [0.05, 0.1) is 11.8 Å². The molecule has 4 aliphatic heterocycles. The lowest BCUT2D eigenvalue weighted by molar-refractivity contribution is -0.147. The molecule has 0 saturated carbocycles. The number of fused-ring (bicyclic) bond motifs is 7. The number of carbonyl (C=O) groups excluding carboxylic acids is 3. The summed E-state index contributed by atoms with van der Waals surface area (Å²) in [6, 6.07) is 5.08. The van der Waals surface area contributed by atoms with Crippen molar-refractivity contribution in [3.8, 4) is 0 Å². The van der Waals surface area contributed by atoms with Crippen LogP contribution >= 0.6 is 11.6 Å². The van der Waals surface area contributed by atoms with Gasteiger partial charge in [0.2, 0.25) is 17.7 Å². The summed E-state index contributed by atoms with van der Waals surface area (Å²) in [5.41, 5.74) is 0.311. The van der Waals surface area contributed by atoms with Gasteiger partial charge in [-0.2, -0.15) is 0 Å². The topological polar surface area (TPSA) is 69.7 Å². The Morgan fingerprint density at radius 2 is 2.07 bits per heavy atom. The Labute approximate surface area is 162 Å². The molecule has 1 aromatic carbocycles. The lowest BCUT2D eigenvalue weighted by atomic mass is 9.75. The summed E-state index contributed by atoms with van der Waals surface area (Å²) >= 11 is 6.27. The minimum absolute atomic E-state index is 0.0730. The number of hydrogen-bond donors (Lipinski definition) is 1. The maximum atomic E-state index is 13.5. The van der Waals surface area contributed by atoms with E-state index in [1.807, 2.05) is 13.8 Å². The number of nitrogens with zero attached hydrogens (tertiary/aromatic N) is 2. The van der Waals surface area contributed by atoms with Crippen molar-refractivity contribution >= 4 is 35.0 Å². The first-order valence-corrected chi connectivity index (χ1v) is 10.1. The van der Waals surface area contributed by atoms with Crippen molar-refractivity contribution in [1.82, 2.24) is 9.80 Å². The van der Waals surface area contributed by atoms with Crippen LogP contribution in [0.15, 0.2) is 18.2 Å². The summed E-state index contributed by atoms with van der Waals surface area (Å²) in [5.74, 6) is -1.66. The van der Waals surface area contributed by atoms with E-state index in [2.05, 4.69) is 10.2 Å². The van der Waals surface area contributed by atoms with Crippen molar-refractivity contribution in [2.24, 2.45) is 11.8 Å². The molecule has 6 nitrogen and oxygen atoms in total. The van der Waals surface area contributed by atoms with Gasteiger partial charge >= 0.3 is 0 Å². The molecule has 3 amide bonds. The van der Waals surface area contributed by atoms with Crippen LogP contribution in [0.5, 0.6) is 0 Å². The van der Waals surface area contributed by atoms with Gasteiger partial charge < -0.3 is 5.32 Å². The Balaban J connectivity index is 1.74. The zero-order valence-electron chi connectivity index (χ0n) is 15.4. The lowest BCUT2D eigenvalue weighted by Gasteiger charge is -2.37. The fraction of sp³-hybridized carbons (Fsp3) is 0.550. The number of likely N-dealkylation sites (tertiary alicyclic amines) is 1. The highest BCUT2D eigenvalue weighted by molar-refractivity contribution is 6.31. The van der Waals surface area contributed by atoms with E-state index >= 15 is 0 Å². The predicted molar refractivity (Wildman–Crippen MR) is 100 cm³/mol. The molecule has 0 unspecified atom stereocenters. The van der Waals surface area contributed by atoms with Crippen LogP contribution in [0.1, 0.15) is 38.7 Å². The molecule has 3 fully saturated rings. The standard InChI is InChI=1S/C20H22ClN3O3/c1-3-10(2)24-17(25)15-14-5-4-8-23(14)20(16(15)18(24)26)12-9-11(21)6-7-13(12)22-19(20)27/h6-7,9-10,14-16H,3-5,8H2,1-2H3,(H,22,27)/t10-,14+,15+,16-,20+/m0/s1. The number of hydrogen-bond acceptors (Lipinski definition) is 4. The summed E-state index contributed by atoms with van der Waals surface area (Å²) in [6.45, 7) is 4.57. The summed E-state index contributed by atoms with van der Waals surface area (Å²) < 4.78 is 0. The van der Waals surface area contributed by atoms with Crippen LogP contribution < -0.4 is 5.32 Å². The average molecular weight is 388 g/mol. The summed E-state index contributed by atoms with van der Waals surface area (Å²) in [7, 11) is 0. The minimum atomic E-state index is -1.12. The molecule has 1 spiro atoms. The molecule has 5 rings (SSSR count). The normalized spacial score (nSPS) is 35.6. The number of benzene rings is 1. The highest BCUT2D eigenvalue weighted by Crippen LogP contribution is 2.60. The molecule has 3 saturated heterocycles. The molecule has 27 heavy (non-hydrogen) atoms. The van der Waals surface area contributed by atoms with Crippen LogP contribution in [-0.2, 0) is 19.9 Å². The number of imide groups is 1. The van der Waals surface area contributed by atoms with E-state index in [0.717, 1.165) is 18.4 Å². The van der Waals surface area contributed by atoms with E-state index in [1.165, 1.54) is 4.90 Å². The number of anilines is 1. The summed E-state index contributed by atoms with van der Waals surface area (Å²) in [5, 5.41) is 3.48. The van der Waals surface area contributed by atoms with Gasteiger partial charge in [-0.3, -0.25) is 24.2 Å². The molecule has 4 aliphatic rings. The molecule has 7 heteroatoms. The van der Waals surface area contributed by atoms with E-state index in [0.29, 0.717) is 23.7 Å². The van der Waals surface area contributed by atoms with Crippen molar-refractivity contribution in [1.29, 1.82) is 0 Å². The Hall–Kier alpha value is -1.92. The van der Waals surface area contributed by atoms with E-state index in [1.54, 1.807) is 18.2 Å². The van der Waals surface area contributed by atoms with Crippen molar-refractivity contribution < 1.29 is 14.4 Å². The van der Waals surface area contributed by atoms with Gasteiger partial charge in [-0.25, -0.2) is 0 Å². The number of amides is 3. The fourth-order valence-electron chi connectivity index (χ4n) is 5.81. The third-order valence-electron chi connectivity index (χ3n) is 7.02. The van der Waals surface area contributed by atoms with Gasteiger partial charge in [0, 0.05) is 28.4 Å². The van der Waals surface area contributed by atoms with Crippen molar-refractivity contribution in [2.75, 3.05) is 11.9 Å². The average Bonchev–Trinajstić information content (AvgIpc) is 3.33. The minimum Gasteiger partial charge on any atom is -0.324 e. The third-order valence-corrected chi connectivity index (χ3v) is 7.26. The molecule has 0 bridgehead atoms. The van der Waals surface area contributed by atoms with Gasteiger partial charge in [0.1, 0.15) is 5.54 Å². The Morgan fingerprint density at radius 3 is 2.81 bits per heavy atom. The maximum absolute atomic E-state index is 13.5. The molecule has 4 heterocycles. The smallest absolute Gasteiger partial charge is 0.250 e. The van der Waals surface area contributed by atoms with E-state index < -0.39 is 17.4 Å². The van der Waals surface area contributed by atoms with E-state index in [4.69, 9.17) is 11.6 Å². The quantitative estimate of drug-likeness (QED) is 0.791. The Morgan fingerprint density at radius 1 is 1.30 bits per heavy atom. The van der Waals surface area contributed by atoms with Crippen LogP contribution in [0, 0.1) is 11.8 Å². The van der Waals surface area contributed by atoms with Crippen molar-refractivity contribution in [2.45, 2.75) is 50.7 Å². The molecule has 0 aromatic heterocycles. The highest BCUT2D eigenvalue weighted by Gasteiger charge is 2.74. The third kappa shape index (κ3) is 1.88. The van der Waals surface area contributed by atoms with Crippen LogP contribution in [0.3, 0.4) is 0 Å². The molecule has 0 radical (unpaired) electrons. The monoisotopic (exact) mass is 387 g/mol. The first-order chi connectivity index (χ1) is 12.9. The van der Waals surface area contributed by atoms with Gasteiger partial charge in [0.15, 0.2) is 0 Å². The summed E-state index contributed by atoms with van der Waals surface area (Å²) in [6.07, 6.45) is 2.45. The molecular formula is C20H22ClN3O3. The first kappa shape index (κ1) is 17.2. The SMILES string of the molecule is CC[C@H](C)N1C(=O)[C@@H]2[C@H]3CCCN3[C@@]3(C(=O)Nc4ccc(Cl)cc43)[C@@H]2C1=O. The molecular weight excluding hydrogens is 366 g/mol. The predicted octanol–water partition coefficient (Wildman–Crippen LogP) is 2.37. The Kier molecular flexibility index (Phi) is 3.53. The number of carbonyl (C=O) groups is 3. The first-order valence-electron chi connectivity index (χ1n) is 9.68. The van der Waals surface area contributed by atoms with Crippen LogP contribution in [0.25, 0.3) is 0 Å². The van der Waals surface area contributed by atoms with Crippen molar-refractivity contribution in [3.63, 3.8) is 0 Å². The second kappa shape index (κ2) is 5.55. The van der Waals surface area contributed by atoms with E-state index in [-0.39, 0.29) is 29.8 Å². The van der Waals surface area contributed by atoms with Crippen LogP contribution in [-0.4, -0.2) is 46.1 Å². The molecule has 0 aliphatic carbocycles. The van der Waals surface area contributed by atoms with Crippen molar-refractivity contribution in [3.05, 3.63) is 28.8 Å². The Bertz CT molecular complexity index is 887. The summed E-state index contributed by atoms with van der Waals surface area (Å²) in [4.78, 5) is 43.7. The maximum Gasteiger partial charge on any atom is 0.250 e. The number of nitrogens with one attached hydrogen (secondary N) is 1. The van der Waals surface area contributed by atoms with Crippen LogP contribution in [0.2, 0.25) is 5.02 Å². The second-order valence-corrected chi connectivity index (χ2v) is 8.56. The largest absolute Gasteiger partial charge is 0.324 e. The molecule has 142 valence electrons. The second-order valence-electron chi connectivity index (χ2n) is 8.12. The zero-order chi connectivity index (χ0) is 19.1. The molecule has 5 atom stereocenters. The lowest BCUT2D eigenvalue weighted by Crippen LogP contribution is -2.54. The zero-order valence-corrected chi connectivity index (χ0v) is 16.1. The number of rotatable bonds is 2. The number of halogens is 1. The molecule has 1 aromatic rings. The van der Waals surface area contributed by atoms with Gasteiger partial charge in [-0.05, 0) is 50.9 Å². The van der Waals surface area contributed by atoms with Gasteiger partial charge in [0.25, 0.3) is 0 Å². The van der Waals surface area contributed by atoms with E-state index in [9.17, 15) is 14.4 Å². The van der Waals surface area contributed by atoms with Gasteiger partial charge in [-0.15, -0.1) is 0 Å². The molecule has 1 N–H and O–H groups in total. The fourth-order valence-corrected chi connectivity index (χ4v) is 5.99. The van der Waals surface area contributed by atoms with Crippen LogP contribution in [0.4, 0.5) is 5.69 Å².